The molecule has 1 aliphatic carbocycles. The molecule has 0 aromatic rings. The fraction of sp³-hybridized carbons (Fsp3) is 0.700. The maximum Gasteiger partial charge on any atom is 0.397 e. The number of amides is 2. The van der Waals surface area contributed by atoms with E-state index in [0.29, 0.717) is 6.42 Å². The lowest BCUT2D eigenvalue weighted by Gasteiger charge is -2.20. The molecule has 2 rings (SSSR count). The topological polar surface area (TPSA) is 63.7 Å². The highest BCUT2D eigenvalue weighted by Gasteiger charge is 2.47. The number of methoxy groups -OCH3 is 1. The third-order valence-corrected chi connectivity index (χ3v) is 3.23. The van der Waals surface area contributed by atoms with Crippen LogP contribution < -0.4 is 0 Å². The number of imide groups is 1. The number of hydrogen-bond donors (Lipinski definition) is 0. The SMILES string of the molecule is COC(=O)C(=O)N1C(=O)CC2CCCC21. The van der Waals surface area contributed by atoms with Crippen molar-refractivity contribution < 1.29 is 19.1 Å². The molecular weight excluding hydrogens is 198 g/mol. The predicted molar refractivity (Wildman–Crippen MR) is 49.6 cm³/mol. The summed E-state index contributed by atoms with van der Waals surface area (Å²) in [6.07, 6.45) is 3.21. The standard InChI is InChI=1S/C10H13NO4/c1-15-10(14)9(13)11-7-4-2-3-6(7)5-8(11)12/h6-7H,2-5H2,1H3. The molecule has 5 nitrogen and oxygen atoms in total. The lowest BCUT2D eigenvalue weighted by Crippen LogP contribution is -2.43. The van der Waals surface area contributed by atoms with Gasteiger partial charge in [-0.15, -0.1) is 0 Å². The van der Waals surface area contributed by atoms with Crippen molar-refractivity contribution in [2.24, 2.45) is 5.92 Å². The van der Waals surface area contributed by atoms with Crippen LogP contribution in [0, 0.1) is 5.92 Å². The van der Waals surface area contributed by atoms with Crippen molar-refractivity contribution in [3.63, 3.8) is 0 Å². The molecule has 0 aromatic heterocycles. The number of fused-ring (bicyclic) bond motifs is 1. The molecule has 2 amide bonds. The minimum absolute atomic E-state index is 0.0656. The summed E-state index contributed by atoms with van der Waals surface area (Å²) in [5.41, 5.74) is 0. The smallest absolute Gasteiger partial charge is 0.397 e. The Morgan fingerprint density at radius 2 is 2.13 bits per heavy atom. The Morgan fingerprint density at radius 3 is 2.80 bits per heavy atom. The van der Waals surface area contributed by atoms with Crippen molar-refractivity contribution in [3.05, 3.63) is 0 Å². The van der Waals surface area contributed by atoms with Crippen molar-refractivity contribution >= 4 is 17.8 Å². The van der Waals surface area contributed by atoms with Crippen LogP contribution >= 0.6 is 0 Å². The second-order valence-corrected chi connectivity index (χ2v) is 4.02. The van der Waals surface area contributed by atoms with Gasteiger partial charge in [-0.2, -0.15) is 0 Å². The molecule has 0 spiro atoms. The highest BCUT2D eigenvalue weighted by atomic mass is 16.5. The van der Waals surface area contributed by atoms with Crippen LogP contribution in [0.5, 0.6) is 0 Å². The van der Waals surface area contributed by atoms with Crippen molar-refractivity contribution in [2.75, 3.05) is 7.11 Å². The Bertz CT molecular complexity index is 325. The third-order valence-electron chi connectivity index (χ3n) is 3.23. The molecule has 1 saturated carbocycles. The molecule has 15 heavy (non-hydrogen) atoms. The van der Waals surface area contributed by atoms with Crippen molar-refractivity contribution in [3.8, 4) is 0 Å². The molecule has 0 bridgehead atoms. The van der Waals surface area contributed by atoms with Gasteiger partial charge in [-0.1, -0.05) is 6.42 Å². The number of likely N-dealkylation sites (tertiary alicyclic amines) is 1. The van der Waals surface area contributed by atoms with Crippen LogP contribution in [0.3, 0.4) is 0 Å². The van der Waals surface area contributed by atoms with E-state index in [9.17, 15) is 14.4 Å². The number of hydrogen-bond acceptors (Lipinski definition) is 4. The number of ether oxygens (including phenoxy) is 1. The minimum Gasteiger partial charge on any atom is -0.462 e. The van der Waals surface area contributed by atoms with Gasteiger partial charge in [-0.3, -0.25) is 14.5 Å². The highest BCUT2D eigenvalue weighted by Crippen LogP contribution is 2.38. The van der Waals surface area contributed by atoms with Crippen molar-refractivity contribution in [2.45, 2.75) is 31.7 Å². The highest BCUT2D eigenvalue weighted by molar-refractivity contribution is 6.35. The van der Waals surface area contributed by atoms with Crippen LogP contribution in [0.4, 0.5) is 0 Å². The average Bonchev–Trinajstić information content (AvgIpc) is 2.75. The number of esters is 1. The molecule has 2 unspecified atom stereocenters. The molecule has 0 radical (unpaired) electrons. The van der Waals surface area contributed by atoms with Gasteiger partial charge in [-0.25, -0.2) is 4.79 Å². The first kappa shape index (κ1) is 10.1. The van der Waals surface area contributed by atoms with E-state index in [-0.39, 0.29) is 17.9 Å². The quantitative estimate of drug-likeness (QED) is 0.420. The second kappa shape index (κ2) is 3.64. The first-order chi connectivity index (χ1) is 7.15. The normalized spacial score (nSPS) is 29.1. The molecule has 5 heteroatoms. The zero-order chi connectivity index (χ0) is 11.0. The molecule has 0 N–H and O–H groups in total. The Hall–Kier alpha value is -1.39. The van der Waals surface area contributed by atoms with E-state index in [4.69, 9.17) is 0 Å². The lowest BCUT2D eigenvalue weighted by molar-refractivity contribution is -0.161. The summed E-state index contributed by atoms with van der Waals surface area (Å²) in [7, 11) is 1.15. The van der Waals surface area contributed by atoms with Gasteiger partial charge in [0.25, 0.3) is 0 Å². The van der Waals surface area contributed by atoms with Gasteiger partial charge in [0.1, 0.15) is 0 Å². The van der Waals surface area contributed by atoms with E-state index in [2.05, 4.69) is 4.74 Å². The van der Waals surface area contributed by atoms with Gasteiger partial charge in [0.2, 0.25) is 5.91 Å². The number of rotatable bonds is 0. The molecule has 1 saturated heterocycles. The minimum atomic E-state index is -0.948. The van der Waals surface area contributed by atoms with Gasteiger partial charge in [0, 0.05) is 12.5 Å². The molecule has 2 aliphatic rings. The zero-order valence-electron chi connectivity index (χ0n) is 8.56. The van der Waals surface area contributed by atoms with E-state index in [1.54, 1.807) is 0 Å². The van der Waals surface area contributed by atoms with Crippen molar-refractivity contribution in [1.29, 1.82) is 0 Å². The van der Waals surface area contributed by atoms with Crippen LogP contribution in [-0.2, 0) is 19.1 Å². The van der Waals surface area contributed by atoms with E-state index in [1.807, 2.05) is 0 Å². The maximum atomic E-state index is 11.6. The zero-order valence-corrected chi connectivity index (χ0v) is 8.56. The molecule has 1 heterocycles. The summed E-state index contributed by atoms with van der Waals surface area (Å²) in [4.78, 5) is 35.3. The van der Waals surface area contributed by atoms with Gasteiger partial charge in [-0.05, 0) is 18.8 Å². The first-order valence-corrected chi connectivity index (χ1v) is 5.09. The Balaban J connectivity index is 2.17. The van der Waals surface area contributed by atoms with Crippen LogP contribution in [0.25, 0.3) is 0 Å². The van der Waals surface area contributed by atoms with Crippen LogP contribution in [0.15, 0.2) is 0 Å². The number of nitrogens with zero attached hydrogens (tertiary/aromatic N) is 1. The fourth-order valence-electron chi connectivity index (χ4n) is 2.55. The molecule has 2 fully saturated rings. The maximum absolute atomic E-state index is 11.6. The van der Waals surface area contributed by atoms with Gasteiger partial charge in [0.15, 0.2) is 0 Å². The van der Waals surface area contributed by atoms with Crippen LogP contribution in [-0.4, -0.2) is 35.8 Å². The summed E-state index contributed by atoms with van der Waals surface area (Å²) in [5.74, 6) is -1.74. The average molecular weight is 211 g/mol. The largest absolute Gasteiger partial charge is 0.462 e. The monoisotopic (exact) mass is 211 g/mol. The summed E-state index contributed by atoms with van der Waals surface area (Å²) in [6, 6.07) is -0.0656. The molecule has 0 aromatic carbocycles. The Kier molecular flexibility index (Phi) is 2.46. The summed E-state index contributed by atoms with van der Waals surface area (Å²) in [6.45, 7) is 0. The molecular formula is C10H13NO4. The van der Waals surface area contributed by atoms with E-state index < -0.39 is 11.9 Å². The van der Waals surface area contributed by atoms with E-state index >= 15 is 0 Å². The van der Waals surface area contributed by atoms with Gasteiger partial charge < -0.3 is 4.74 Å². The number of carbonyl (C=O) groups is 3. The molecule has 1 aliphatic heterocycles. The molecule has 2 atom stereocenters. The van der Waals surface area contributed by atoms with Gasteiger partial charge in [0.05, 0.1) is 7.11 Å². The Labute approximate surface area is 87.4 Å². The summed E-state index contributed by atoms with van der Waals surface area (Å²) >= 11 is 0. The summed E-state index contributed by atoms with van der Waals surface area (Å²) < 4.78 is 4.34. The van der Waals surface area contributed by atoms with E-state index in [0.717, 1.165) is 31.3 Å². The third kappa shape index (κ3) is 1.52. The number of carbonyl (C=O) groups excluding carboxylic acids is 3. The Morgan fingerprint density at radius 1 is 1.40 bits per heavy atom. The predicted octanol–water partition coefficient (Wildman–Crippen LogP) is 0.0870. The fourth-order valence-corrected chi connectivity index (χ4v) is 2.55. The van der Waals surface area contributed by atoms with E-state index in [1.165, 1.54) is 0 Å². The van der Waals surface area contributed by atoms with Crippen LogP contribution in [0.1, 0.15) is 25.7 Å². The van der Waals surface area contributed by atoms with Crippen molar-refractivity contribution in [1.82, 2.24) is 4.90 Å². The van der Waals surface area contributed by atoms with Crippen LogP contribution in [0.2, 0.25) is 0 Å². The molecule has 82 valence electrons. The first-order valence-electron chi connectivity index (χ1n) is 5.09. The second-order valence-electron chi connectivity index (χ2n) is 4.02. The summed E-state index contributed by atoms with van der Waals surface area (Å²) in [5, 5.41) is 0. The lowest BCUT2D eigenvalue weighted by atomic mass is 10.0. The van der Waals surface area contributed by atoms with Gasteiger partial charge >= 0.3 is 11.9 Å².